The normalized spacial score (nSPS) is 10.5. The van der Waals surface area contributed by atoms with E-state index in [0.29, 0.717) is 12.2 Å². The van der Waals surface area contributed by atoms with Crippen molar-refractivity contribution in [2.45, 2.75) is 13.0 Å². The Labute approximate surface area is 130 Å². The molecule has 0 aliphatic heterocycles. The van der Waals surface area contributed by atoms with E-state index in [4.69, 9.17) is 0 Å². The average Bonchev–Trinajstić information content (AvgIpc) is 2.42. The van der Waals surface area contributed by atoms with Gasteiger partial charge in [0.1, 0.15) is 5.69 Å². The summed E-state index contributed by atoms with van der Waals surface area (Å²) in [5, 5.41) is 8.21. The molecule has 0 saturated heterocycles. The fourth-order valence-electron chi connectivity index (χ4n) is 1.18. The van der Waals surface area contributed by atoms with Crippen LogP contribution in [0.3, 0.4) is 0 Å². The van der Waals surface area contributed by atoms with Crippen LogP contribution in [0.2, 0.25) is 0 Å². The average molecular weight is 323 g/mol. The van der Waals surface area contributed by atoms with Crippen molar-refractivity contribution in [3.63, 3.8) is 0 Å². The highest BCUT2D eigenvalue weighted by Gasteiger charge is 2.08. The van der Waals surface area contributed by atoms with Crippen LogP contribution < -0.4 is 16.0 Å². The van der Waals surface area contributed by atoms with Gasteiger partial charge >= 0.3 is 0 Å². The van der Waals surface area contributed by atoms with Gasteiger partial charge in [0.25, 0.3) is 5.91 Å². The molecule has 2 amide bonds. The van der Waals surface area contributed by atoms with E-state index in [1.165, 1.54) is 6.20 Å². The summed E-state index contributed by atoms with van der Waals surface area (Å²) in [6, 6.07) is 5.23. The molecule has 0 radical (unpaired) electrons. The van der Waals surface area contributed by atoms with Crippen LogP contribution in [0, 0.1) is 0 Å². The molecule has 20 heavy (non-hydrogen) atoms. The van der Waals surface area contributed by atoms with E-state index in [2.05, 4.69) is 20.9 Å². The number of hydrogen-bond acceptors (Lipinski definition) is 4. The Morgan fingerprint density at radius 1 is 1.25 bits per heavy atom. The van der Waals surface area contributed by atoms with Crippen LogP contribution in [0.15, 0.2) is 24.4 Å². The van der Waals surface area contributed by atoms with Crippen LogP contribution in [-0.2, 0) is 4.79 Å². The highest BCUT2D eigenvalue weighted by atomic mass is 35.5. The van der Waals surface area contributed by atoms with Crippen molar-refractivity contribution in [1.82, 2.24) is 20.9 Å². The lowest BCUT2D eigenvalue weighted by atomic mass is 10.3. The first-order valence-electron chi connectivity index (χ1n) is 5.76. The van der Waals surface area contributed by atoms with Gasteiger partial charge in [-0.25, -0.2) is 0 Å². The molecule has 0 aliphatic rings. The monoisotopic (exact) mass is 322 g/mol. The maximum atomic E-state index is 11.6. The minimum absolute atomic E-state index is 0. The van der Waals surface area contributed by atoms with Crippen LogP contribution in [-0.4, -0.2) is 43.0 Å². The van der Waals surface area contributed by atoms with Crippen molar-refractivity contribution in [2.24, 2.45) is 0 Å². The lowest BCUT2D eigenvalue weighted by molar-refractivity contribution is -0.120. The third kappa shape index (κ3) is 7.93. The first-order valence-corrected chi connectivity index (χ1v) is 5.76. The standard InChI is InChI=1S/C12H18N4O2.2ClH/c1-9(13-2)7-15-11(17)8-16-12(18)10-5-3-4-6-14-10;;/h3-6,9,13H,7-8H2,1-2H3,(H,15,17)(H,16,18);2*1H. The van der Waals surface area contributed by atoms with E-state index in [9.17, 15) is 9.59 Å². The van der Waals surface area contributed by atoms with Gasteiger partial charge < -0.3 is 16.0 Å². The minimum Gasteiger partial charge on any atom is -0.353 e. The van der Waals surface area contributed by atoms with E-state index in [-0.39, 0.29) is 49.2 Å². The first-order chi connectivity index (χ1) is 8.63. The highest BCUT2D eigenvalue weighted by Crippen LogP contribution is 1.91. The van der Waals surface area contributed by atoms with E-state index < -0.39 is 0 Å². The molecule has 3 N–H and O–H groups in total. The Kier molecular flexibility index (Phi) is 12.0. The molecule has 6 nitrogen and oxygen atoms in total. The molecule has 1 aromatic heterocycles. The maximum absolute atomic E-state index is 11.6. The number of nitrogens with one attached hydrogen (secondary N) is 3. The number of nitrogens with zero attached hydrogens (tertiary/aromatic N) is 1. The van der Waals surface area contributed by atoms with Gasteiger partial charge in [-0.3, -0.25) is 14.6 Å². The molecule has 0 bridgehead atoms. The molecule has 1 aromatic rings. The molecule has 1 heterocycles. The van der Waals surface area contributed by atoms with Gasteiger partial charge in [0.2, 0.25) is 5.91 Å². The highest BCUT2D eigenvalue weighted by molar-refractivity contribution is 5.94. The van der Waals surface area contributed by atoms with Crippen molar-refractivity contribution >= 4 is 36.6 Å². The maximum Gasteiger partial charge on any atom is 0.270 e. The number of amides is 2. The van der Waals surface area contributed by atoms with Crippen molar-refractivity contribution in [1.29, 1.82) is 0 Å². The fourth-order valence-corrected chi connectivity index (χ4v) is 1.18. The Balaban J connectivity index is 0. The van der Waals surface area contributed by atoms with E-state index in [0.717, 1.165) is 0 Å². The molecule has 0 fully saturated rings. The van der Waals surface area contributed by atoms with Gasteiger partial charge in [-0.1, -0.05) is 6.07 Å². The Morgan fingerprint density at radius 2 is 1.95 bits per heavy atom. The van der Waals surface area contributed by atoms with Gasteiger partial charge in [0.05, 0.1) is 6.54 Å². The molecule has 1 unspecified atom stereocenters. The second-order valence-corrected chi connectivity index (χ2v) is 3.89. The summed E-state index contributed by atoms with van der Waals surface area (Å²) in [7, 11) is 1.82. The quantitative estimate of drug-likeness (QED) is 0.707. The van der Waals surface area contributed by atoms with Crippen LogP contribution in [0.25, 0.3) is 0 Å². The Bertz CT molecular complexity index is 404. The predicted molar refractivity (Wildman–Crippen MR) is 82.6 cm³/mol. The number of aromatic nitrogens is 1. The number of rotatable bonds is 6. The van der Waals surface area contributed by atoms with Crippen molar-refractivity contribution in [2.75, 3.05) is 20.1 Å². The van der Waals surface area contributed by atoms with Crippen LogP contribution >= 0.6 is 24.8 Å². The largest absolute Gasteiger partial charge is 0.353 e. The molecular formula is C12H20Cl2N4O2. The lowest BCUT2D eigenvalue weighted by Gasteiger charge is -2.11. The van der Waals surface area contributed by atoms with Crippen LogP contribution in [0.1, 0.15) is 17.4 Å². The molecule has 0 aliphatic carbocycles. The number of halogens is 2. The molecule has 1 rings (SSSR count). The summed E-state index contributed by atoms with van der Waals surface area (Å²) >= 11 is 0. The van der Waals surface area contributed by atoms with Crippen molar-refractivity contribution in [3.05, 3.63) is 30.1 Å². The minimum atomic E-state index is -0.354. The van der Waals surface area contributed by atoms with Crippen molar-refractivity contribution < 1.29 is 9.59 Å². The molecule has 114 valence electrons. The molecule has 8 heteroatoms. The van der Waals surface area contributed by atoms with Crippen LogP contribution in [0.5, 0.6) is 0 Å². The van der Waals surface area contributed by atoms with E-state index in [1.807, 2.05) is 14.0 Å². The van der Waals surface area contributed by atoms with Gasteiger partial charge in [-0.15, -0.1) is 24.8 Å². The zero-order valence-corrected chi connectivity index (χ0v) is 13.0. The second kappa shape index (κ2) is 11.5. The smallest absolute Gasteiger partial charge is 0.270 e. The second-order valence-electron chi connectivity index (χ2n) is 3.89. The molecule has 1 atom stereocenters. The van der Waals surface area contributed by atoms with Gasteiger partial charge in [-0.2, -0.15) is 0 Å². The first kappa shape index (κ1) is 20.9. The summed E-state index contributed by atoms with van der Waals surface area (Å²) in [6.45, 7) is 2.42. The summed E-state index contributed by atoms with van der Waals surface area (Å²) < 4.78 is 0. The van der Waals surface area contributed by atoms with Gasteiger partial charge in [-0.05, 0) is 26.1 Å². The Morgan fingerprint density at radius 3 is 2.50 bits per heavy atom. The third-order valence-electron chi connectivity index (χ3n) is 2.41. The zero-order valence-electron chi connectivity index (χ0n) is 11.4. The number of carbonyl (C=O) groups excluding carboxylic acids is 2. The summed E-state index contributed by atoms with van der Waals surface area (Å²) in [5.41, 5.74) is 0.300. The van der Waals surface area contributed by atoms with Crippen LogP contribution in [0.4, 0.5) is 0 Å². The summed E-state index contributed by atoms with van der Waals surface area (Å²) in [4.78, 5) is 26.9. The van der Waals surface area contributed by atoms with Gasteiger partial charge in [0, 0.05) is 18.8 Å². The molecular weight excluding hydrogens is 303 g/mol. The lowest BCUT2D eigenvalue weighted by Crippen LogP contribution is -2.42. The number of hydrogen-bond donors (Lipinski definition) is 3. The number of pyridine rings is 1. The fraction of sp³-hybridized carbons (Fsp3) is 0.417. The molecule has 0 aromatic carbocycles. The predicted octanol–water partition coefficient (Wildman–Crippen LogP) is 0.379. The SMILES string of the molecule is CNC(C)CNC(=O)CNC(=O)c1ccccn1.Cl.Cl. The topological polar surface area (TPSA) is 83.1 Å². The number of carbonyl (C=O) groups is 2. The molecule has 0 saturated carbocycles. The summed E-state index contributed by atoms with van der Waals surface area (Å²) in [5.74, 6) is -0.575. The third-order valence-corrected chi connectivity index (χ3v) is 2.41. The van der Waals surface area contributed by atoms with Gasteiger partial charge in [0.15, 0.2) is 0 Å². The number of likely N-dealkylation sites (N-methyl/N-ethyl adjacent to an activating group) is 1. The van der Waals surface area contributed by atoms with E-state index >= 15 is 0 Å². The summed E-state index contributed by atoms with van der Waals surface area (Å²) in [6.07, 6.45) is 1.53. The van der Waals surface area contributed by atoms with Crippen molar-refractivity contribution in [3.8, 4) is 0 Å². The zero-order chi connectivity index (χ0) is 13.4. The van der Waals surface area contributed by atoms with E-state index in [1.54, 1.807) is 18.2 Å². The Hall–Kier alpha value is -1.37. The molecule has 0 spiro atoms.